The van der Waals surface area contributed by atoms with E-state index >= 15 is 0 Å². The molecule has 0 fully saturated rings. The Morgan fingerprint density at radius 2 is 1.89 bits per heavy atom. The normalized spacial score (nSPS) is 11.2. The van der Waals surface area contributed by atoms with Gasteiger partial charge in [-0.3, -0.25) is 4.79 Å². The molecule has 1 aromatic rings. The Kier molecular flexibility index (Phi) is 5.32. The smallest absolute Gasteiger partial charge is 0.258 e. The van der Waals surface area contributed by atoms with E-state index in [1.807, 2.05) is 26.0 Å². The molecule has 19 heavy (non-hydrogen) atoms. The maximum absolute atomic E-state index is 11.6. The third-order valence-corrected chi connectivity index (χ3v) is 2.99. The fourth-order valence-electron chi connectivity index (χ4n) is 1.45. The van der Waals surface area contributed by atoms with Gasteiger partial charge >= 0.3 is 0 Å². The van der Waals surface area contributed by atoms with Gasteiger partial charge in [0.2, 0.25) is 0 Å². The summed E-state index contributed by atoms with van der Waals surface area (Å²) in [5, 5.41) is 20.7. The van der Waals surface area contributed by atoms with E-state index in [0.717, 1.165) is 11.1 Å². The van der Waals surface area contributed by atoms with Crippen LogP contribution in [-0.2, 0) is 4.79 Å². The van der Waals surface area contributed by atoms with Crippen LogP contribution >= 0.6 is 0 Å². The summed E-state index contributed by atoms with van der Waals surface area (Å²) in [5.74, 6) is 0.233. The van der Waals surface area contributed by atoms with E-state index < -0.39 is 5.54 Å². The van der Waals surface area contributed by atoms with Gasteiger partial charge in [-0.2, -0.15) is 0 Å². The van der Waals surface area contributed by atoms with E-state index in [4.69, 9.17) is 14.9 Å². The molecular formula is C14H21NO4. The zero-order valence-corrected chi connectivity index (χ0v) is 11.6. The van der Waals surface area contributed by atoms with Crippen molar-refractivity contribution in [3.05, 3.63) is 29.3 Å². The average molecular weight is 267 g/mol. The molecular weight excluding hydrogens is 246 g/mol. The summed E-state index contributed by atoms with van der Waals surface area (Å²) in [6.07, 6.45) is 0. The summed E-state index contributed by atoms with van der Waals surface area (Å²) in [6, 6.07) is 5.58. The van der Waals surface area contributed by atoms with Gasteiger partial charge in [0.25, 0.3) is 5.91 Å². The number of benzene rings is 1. The first-order valence-electron chi connectivity index (χ1n) is 6.13. The van der Waals surface area contributed by atoms with Crippen LogP contribution in [0.3, 0.4) is 0 Å². The van der Waals surface area contributed by atoms with Gasteiger partial charge in [-0.05, 0) is 44.0 Å². The first-order chi connectivity index (χ1) is 8.90. The standard InChI is InChI=1S/C14H21NO4/c1-10-4-5-12(6-11(10)2)19-7-13(18)15-14(3,8-16)9-17/h4-6,16-17H,7-9H2,1-3H3,(H,15,18). The molecule has 0 aliphatic rings. The monoisotopic (exact) mass is 267 g/mol. The second kappa shape index (κ2) is 6.54. The Hall–Kier alpha value is -1.59. The number of nitrogens with one attached hydrogen (secondary N) is 1. The molecule has 1 aromatic carbocycles. The van der Waals surface area contributed by atoms with Crippen molar-refractivity contribution in [3.8, 4) is 5.75 Å². The van der Waals surface area contributed by atoms with Gasteiger partial charge in [-0.1, -0.05) is 6.07 Å². The highest BCUT2D eigenvalue weighted by Gasteiger charge is 2.24. The Balaban J connectivity index is 2.52. The predicted octanol–water partition coefficient (Wildman–Crippen LogP) is 0.542. The second-order valence-corrected chi connectivity index (χ2v) is 4.96. The molecule has 5 heteroatoms. The minimum absolute atomic E-state index is 0.155. The number of hydrogen-bond donors (Lipinski definition) is 3. The van der Waals surface area contributed by atoms with Crippen molar-refractivity contribution in [2.45, 2.75) is 26.3 Å². The molecule has 1 rings (SSSR count). The molecule has 0 saturated heterocycles. The summed E-state index contributed by atoms with van der Waals surface area (Å²) in [7, 11) is 0. The van der Waals surface area contributed by atoms with Gasteiger partial charge in [0.1, 0.15) is 5.75 Å². The third kappa shape index (κ3) is 4.54. The van der Waals surface area contributed by atoms with E-state index in [0.29, 0.717) is 5.75 Å². The average Bonchev–Trinajstić information content (AvgIpc) is 2.40. The highest BCUT2D eigenvalue weighted by atomic mass is 16.5. The van der Waals surface area contributed by atoms with E-state index in [1.165, 1.54) is 0 Å². The summed E-state index contributed by atoms with van der Waals surface area (Å²) >= 11 is 0. The molecule has 0 bridgehead atoms. The van der Waals surface area contributed by atoms with Crippen LogP contribution in [0.1, 0.15) is 18.1 Å². The lowest BCUT2D eigenvalue weighted by atomic mass is 10.1. The van der Waals surface area contributed by atoms with Gasteiger partial charge in [0.05, 0.1) is 18.8 Å². The molecule has 1 amide bonds. The molecule has 106 valence electrons. The van der Waals surface area contributed by atoms with Gasteiger partial charge < -0.3 is 20.3 Å². The van der Waals surface area contributed by atoms with Gasteiger partial charge in [0.15, 0.2) is 6.61 Å². The van der Waals surface area contributed by atoms with Crippen LogP contribution in [0.5, 0.6) is 5.75 Å². The molecule has 0 spiro atoms. The highest BCUT2D eigenvalue weighted by molar-refractivity contribution is 5.78. The van der Waals surface area contributed by atoms with Crippen LogP contribution in [0, 0.1) is 13.8 Å². The SMILES string of the molecule is Cc1ccc(OCC(=O)NC(C)(CO)CO)cc1C. The number of aryl methyl sites for hydroxylation is 2. The number of hydrogen-bond acceptors (Lipinski definition) is 4. The van der Waals surface area contributed by atoms with Crippen LogP contribution in [0.25, 0.3) is 0 Å². The Morgan fingerprint density at radius 1 is 1.26 bits per heavy atom. The van der Waals surface area contributed by atoms with Crippen molar-refractivity contribution in [3.63, 3.8) is 0 Å². The van der Waals surface area contributed by atoms with Crippen molar-refractivity contribution >= 4 is 5.91 Å². The van der Waals surface area contributed by atoms with Crippen molar-refractivity contribution in [1.82, 2.24) is 5.32 Å². The number of aliphatic hydroxyl groups excluding tert-OH is 2. The molecule has 5 nitrogen and oxygen atoms in total. The topological polar surface area (TPSA) is 78.8 Å². The number of rotatable bonds is 6. The van der Waals surface area contributed by atoms with Crippen LogP contribution in [0.2, 0.25) is 0 Å². The quantitative estimate of drug-likeness (QED) is 0.703. The Labute approximate surface area is 113 Å². The molecule has 0 atom stereocenters. The maximum atomic E-state index is 11.6. The summed E-state index contributed by atoms with van der Waals surface area (Å²) < 4.78 is 5.36. The molecule has 0 saturated carbocycles. The minimum atomic E-state index is -1.02. The molecule has 0 aliphatic carbocycles. The summed E-state index contributed by atoms with van der Waals surface area (Å²) in [4.78, 5) is 11.6. The molecule has 0 unspecified atom stereocenters. The van der Waals surface area contributed by atoms with Crippen LogP contribution in [-0.4, -0.2) is 41.5 Å². The number of amides is 1. The lowest BCUT2D eigenvalue weighted by Gasteiger charge is -2.26. The van der Waals surface area contributed by atoms with Crippen molar-refractivity contribution in [2.24, 2.45) is 0 Å². The fraction of sp³-hybridized carbons (Fsp3) is 0.500. The highest BCUT2D eigenvalue weighted by Crippen LogP contribution is 2.16. The lowest BCUT2D eigenvalue weighted by molar-refractivity contribution is -0.126. The van der Waals surface area contributed by atoms with E-state index in [9.17, 15) is 4.79 Å². The Bertz CT molecular complexity index is 441. The fourth-order valence-corrected chi connectivity index (χ4v) is 1.45. The zero-order valence-electron chi connectivity index (χ0n) is 11.6. The number of carbonyl (C=O) groups is 1. The number of aliphatic hydroxyl groups is 2. The Morgan fingerprint density at radius 3 is 2.42 bits per heavy atom. The van der Waals surface area contributed by atoms with E-state index in [-0.39, 0.29) is 25.7 Å². The predicted molar refractivity (Wildman–Crippen MR) is 72.1 cm³/mol. The second-order valence-electron chi connectivity index (χ2n) is 4.96. The van der Waals surface area contributed by atoms with Crippen LogP contribution in [0.4, 0.5) is 0 Å². The third-order valence-electron chi connectivity index (χ3n) is 2.99. The van der Waals surface area contributed by atoms with Gasteiger partial charge in [-0.15, -0.1) is 0 Å². The molecule has 0 aliphatic heterocycles. The van der Waals surface area contributed by atoms with Gasteiger partial charge in [0, 0.05) is 0 Å². The lowest BCUT2D eigenvalue weighted by Crippen LogP contribution is -2.53. The van der Waals surface area contributed by atoms with E-state index in [1.54, 1.807) is 13.0 Å². The molecule has 0 radical (unpaired) electrons. The minimum Gasteiger partial charge on any atom is -0.484 e. The number of carbonyl (C=O) groups excluding carboxylic acids is 1. The largest absolute Gasteiger partial charge is 0.484 e. The van der Waals surface area contributed by atoms with Gasteiger partial charge in [-0.25, -0.2) is 0 Å². The first kappa shape index (κ1) is 15.5. The van der Waals surface area contributed by atoms with Crippen LogP contribution < -0.4 is 10.1 Å². The maximum Gasteiger partial charge on any atom is 0.258 e. The zero-order chi connectivity index (χ0) is 14.5. The van der Waals surface area contributed by atoms with Crippen molar-refractivity contribution in [1.29, 1.82) is 0 Å². The number of ether oxygens (including phenoxy) is 1. The first-order valence-corrected chi connectivity index (χ1v) is 6.13. The summed E-state index contributed by atoms with van der Waals surface area (Å²) in [6.45, 7) is 4.70. The van der Waals surface area contributed by atoms with Crippen molar-refractivity contribution < 1.29 is 19.7 Å². The summed E-state index contributed by atoms with van der Waals surface area (Å²) in [5.41, 5.74) is 1.22. The van der Waals surface area contributed by atoms with Crippen LogP contribution in [0.15, 0.2) is 18.2 Å². The molecule has 3 N–H and O–H groups in total. The van der Waals surface area contributed by atoms with Crippen molar-refractivity contribution in [2.75, 3.05) is 19.8 Å². The molecule has 0 heterocycles. The van der Waals surface area contributed by atoms with E-state index in [2.05, 4.69) is 5.32 Å². The molecule has 0 aromatic heterocycles.